The Hall–Kier alpha value is -0.930. The average Bonchev–Trinajstić information content (AvgIpc) is 2.37. The van der Waals surface area contributed by atoms with Gasteiger partial charge in [0, 0.05) is 6.54 Å². The Bertz CT molecular complexity index is 394. The minimum atomic E-state index is -0.228. The van der Waals surface area contributed by atoms with Gasteiger partial charge in [0.15, 0.2) is 0 Å². The van der Waals surface area contributed by atoms with Crippen LogP contribution in [0.5, 0.6) is 0 Å². The molecule has 0 heterocycles. The summed E-state index contributed by atoms with van der Waals surface area (Å²) in [6.07, 6.45) is 5.23. The van der Waals surface area contributed by atoms with Crippen LogP contribution in [-0.4, -0.2) is 6.10 Å². The van der Waals surface area contributed by atoms with Crippen molar-refractivity contribution in [1.29, 1.82) is 0 Å². The summed E-state index contributed by atoms with van der Waals surface area (Å²) >= 11 is 0. The molecule has 0 saturated heterocycles. The Morgan fingerprint density at radius 1 is 1.22 bits per heavy atom. The topological polar surface area (TPSA) is 35.2 Å². The Balaban J connectivity index is 1.94. The zero-order valence-electron chi connectivity index (χ0n) is 11.0. The number of rotatable bonds is 4. The molecule has 18 heavy (non-hydrogen) atoms. The summed E-state index contributed by atoms with van der Waals surface area (Å²) in [6.45, 7) is 3.09. The zero-order valence-corrected chi connectivity index (χ0v) is 11.0. The Morgan fingerprint density at radius 2 is 1.94 bits per heavy atom. The molecule has 2 N–H and O–H groups in total. The number of ether oxygens (including phenoxy) is 1. The summed E-state index contributed by atoms with van der Waals surface area (Å²) in [6, 6.07) is 4.94. The van der Waals surface area contributed by atoms with Crippen molar-refractivity contribution in [2.24, 2.45) is 11.7 Å². The van der Waals surface area contributed by atoms with Crippen LogP contribution in [0.2, 0.25) is 0 Å². The summed E-state index contributed by atoms with van der Waals surface area (Å²) in [4.78, 5) is 0. The van der Waals surface area contributed by atoms with Crippen molar-refractivity contribution in [2.75, 3.05) is 0 Å². The van der Waals surface area contributed by atoms with Gasteiger partial charge in [-0.2, -0.15) is 0 Å². The molecule has 0 aliphatic heterocycles. The lowest BCUT2D eigenvalue weighted by Gasteiger charge is -2.28. The van der Waals surface area contributed by atoms with Gasteiger partial charge in [-0.3, -0.25) is 0 Å². The van der Waals surface area contributed by atoms with E-state index in [1.807, 2.05) is 6.07 Å². The Kier molecular flexibility index (Phi) is 4.72. The van der Waals surface area contributed by atoms with E-state index < -0.39 is 0 Å². The van der Waals surface area contributed by atoms with Crippen LogP contribution in [0.25, 0.3) is 0 Å². The van der Waals surface area contributed by atoms with Crippen LogP contribution in [0.3, 0.4) is 0 Å². The molecule has 2 atom stereocenters. The van der Waals surface area contributed by atoms with Crippen LogP contribution < -0.4 is 5.73 Å². The Labute approximate surface area is 108 Å². The number of hydrogen-bond acceptors (Lipinski definition) is 2. The summed E-state index contributed by atoms with van der Waals surface area (Å²) < 4.78 is 19.3. The molecule has 2 nitrogen and oxygen atoms in total. The fourth-order valence-electron chi connectivity index (χ4n) is 2.65. The zero-order chi connectivity index (χ0) is 13.0. The van der Waals surface area contributed by atoms with Gasteiger partial charge >= 0.3 is 0 Å². The van der Waals surface area contributed by atoms with Crippen LogP contribution in [0, 0.1) is 11.7 Å². The van der Waals surface area contributed by atoms with Crippen molar-refractivity contribution < 1.29 is 9.13 Å². The third kappa shape index (κ3) is 3.53. The molecule has 3 heteroatoms. The van der Waals surface area contributed by atoms with Crippen LogP contribution in [0.1, 0.15) is 43.7 Å². The van der Waals surface area contributed by atoms with Gasteiger partial charge < -0.3 is 10.5 Å². The minimum Gasteiger partial charge on any atom is -0.373 e. The molecule has 1 aromatic carbocycles. The van der Waals surface area contributed by atoms with Crippen LogP contribution >= 0.6 is 0 Å². The summed E-state index contributed by atoms with van der Waals surface area (Å²) in [5.41, 5.74) is 7.25. The van der Waals surface area contributed by atoms with Crippen molar-refractivity contribution in [3.05, 3.63) is 35.1 Å². The fourth-order valence-corrected chi connectivity index (χ4v) is 2.65. The molecule has 2 unspecified atom stereocenters. The van der Waals surface area contributed by atoms with E-state index in [9.17, 15) is 4.39 Å². The standard InChI is InChI=1S/C15H22FNO/c1-11-4-2-3-5-15(11)18-10-13-6-12(9-17)7-14(16)8-13/h6-8,11,15H,2-5,9-10,17H2,1H3. The maximum atomic E-state index is 13.3. The second-order valence-corrected chi connectivity index (χ2v) is 5.28. The van der Waals surface area contributed by atoms with Crippen molar-refractivity contribution in [2.45, 2.75) is 51.9 Å². The number of nitrogens with two attached hydrogens (primary N) is 1. The van der Waals surface area contributed by atoms with E-state index in [1.165, 1.54) is 31.4 Å². The maximum Gasteiger partial charge on any atom is 0.123 e. The van der Waals surface area contributed by atoms with Gasteiger partial charge in [-0.05, 0) is 42.0 Å². The molecule has 0 bridgehead atoms. The van der Waals surface area contributed by atoms with Gasteiger partial charge in [-0.15, -0.1) is 0 Å². The monoisotopic (exact) mass is 251 g/mol. The molecule has 1 aliphatic carbocycles. The molecular weight excluding hydrogens is 229 g/mol. The highest BCUT2D eigenvalue weighted by Gasteiger charge is 2.21. The van der Waals surface area contributed by atoms with Crippen LogP contribution in [0.15, 0.2) is 18.2 Å². The van der Waals surface area contributed by atoms with Gasteiger partial charge in [0.25, 0.3) is 0 Å². The van der Waals surface area contributed by atoms with E-state index >= 15 is 0 Å². The van der Waals surface area contributed by atoms with Gasteiger partial charge in [0.2, 0.25) is 0 Å². The first-order valence-electron chi connectivity index (χ1n) is 6.79. The highest BCUT2D eigenvalue weighted by Crippen LogP contribution is 2.27. The second-order valence-electron chi connectivity index (χ2n) is 5.28. The highest BCUT2D eigenvalue weighted by atomic mass is 19.1. The van der Waals surface area contributed by atoms with E-state index in [4.69, 9.17) is 10.5 Å². The van der Waals surface area contributed by atoms with Gasteiger partial charge in [0.05, 0.1) is 12.7 Å². The van der Waals surface area contributed by atoms with Gasteiger partial charge in [-0.1, -0.05) is 25.8 Å². The normalized spacial score (nSPS) is 24.2. The maximum absolute atomic E-state index is 13.3. The lowest BCUT2D eigenvalue weighted by atomic mass is 9.88. The largest absolute Gasteiger partial charge is 0.373 e. The predicted molar refractivity (Wildman–Crippen MR) is 70.5 cm³/mol. The molecule has 0 spiro atoms. The molecule has 0 amide bonds. The van der Waals surface area contributed by atoms with E-state index in [1.54, 1.807) is 0 Å². The van der Waals surface area contributed by atoms with Gasteiger partial charge in [-0.25, -0.2) is 4.39 Å². The van der Waals surface area contributed by atoms with Crippen LogP contribution in [0.4, 0.5) is 4.39 Å². The first kappa shape index (κ1) is 13.5. The Morgan fingerprint density at radius 3 is 2.67 bits per heavy atom. The van der Waals surface area contributed by atoms with E-state index in [-0.39, 0.29) is 5.82 Å². The average molecular weight is 251 g/mol. The summed E-state index contributed by atoms with van der Waals surface area (Å²) in [7, 11) is 0. The predicted octanol–water partition coefficient (Wildman–Crippen LogP) is 3.38. The second kappa shape index (κ2) is 6.30. The fraction of sp³-hybridized carbons (Fsp3) is 0.600. The molecule has 1 fully saturated rings. The van der Waals surface area contributed by atoms with Gasteiger partial charge in [0.1, 0.15) is 5.82 Å². The number of benzene rings is 1. The first-order valence-corrected chi connectivity index (χ1v) is 6.79. The van der Waals surface area contributed by atoms with E-state index in [2.05, 4.69) is 6.92 Å². The molecule has 1 aliphatic rings. The van der Waals surface area contributed by atoms with Crippen molar-refractivity contribution in [1.82, 2.24) is 0 Å². The summed E-state index contributed by atoms with van der Waals surface area (Å²) in [5.74, 6) is 0.384. The van der Waals surface area contributed by atoms with Crippen molar-refractivity contribution >= 4 is 0 Å². The third-order valence-corrected chi connectivity index (χ3v) is 3.75. The molecule has 1 saturated carbocycles. The van der Waals surface area contributed by atoms with E-state index in [0.717, 1.165) is 17.5 Å². The molecular formula is C15H22FNO. The number of hydrogen-bond donors (Lipinski definition) is 1. The molecule has 100 valence electrons. The minimum absolute atomic E-state index is 0.228. The summed E-state index contributed by atoms with van der Waals surface area (Å²) in [5, 5.41) is 0. The van der Waals surface area contributed by atoms with E-state index in [0.29, 0.717) is 25.2 Å². The third-order valence-electron chi connectivity index (χ3n) is 3.75. The van der Waals surface area contributed by atoms with Crippen LogP contribution in [-0.2, 0) is 17.9 Å². The molecule has 0 aromatic heterocycles. The van der Waals surface area contributed by atoms with Crippen molar-refractivity contribution in [3.8, 4) is 0 Å². The lowest BCUT2D eigenvalue weighted by Crippen LogP contribution is -2.25. The van der Waals surface area contributed by atoms with Crippen molar-refractivity contribution in [3.63, 3.8) is 0 Å². The first-order chi connectivity index (χ1) is 8.69. The molecule has 0 radical (unpaired) electrons. The number of halogens is 1. The SMILES string of the molecule is CC1CCCCC1OCc1cc(F)cc(CN)c1. The lowest BCUT2D eigenvalue weighted by molar-refractivity contribution is -0.0155. The molecule has 2 rings (SSSR count). The highest BCUT2D eigenvalue weighted by molar-refractivity contribution is 5.24. The quantitative estimate of drug-likeness (QED) is 0.890. The molecule has 1 aromatic rings. The smallest absolute Gasteiger partial charge is 0.123 e.